The Balaban J connectivity index is 3.32. The Kier molecular flexibility index (Phi) is 10.3. The van der Waals surface area contributed by atoms with Gasteiger partial charge in [-0.15, -0.1) is 0 Å². The lowest BCUT2D eigenvalue weighted by molar-refractivity contribution is -0.118. The molecule has 0 bridgehead atoms. The second-order valence-electron chi connectivity index (χ2n) is 7.51. The molecule has 1 aromatic carbocycles. The van der Waals surface area contributed by atoms with Crippen molar-refractivity contribution in [1.82, 2.24) is 10.3 Å². The fraction of sp³-hybridized carbons (Fsp3) is 0.375. The number of carbonyl (C=O) groups excluding carboxylic acids is 1. The Morgan fingerprint density at radius 3 is 2.57 bits per heavy atom. The summed E-state index contributed by atoms with van der Waals surface area (Å²) in [5, 5.41) is 9.33. The molecule has 162 valence electrons. The van der Waals surface area contributed by atoms with E-state index >= 15 is 0 Å². The molecule has 0 aromatic heterocycles. The molecule has 1 N–H and O–H groups in total. The van der Waals surface area contributed by atoms with Crippen molar-refractivity contribution in [2.45, 2.75) is 53.0 Å². The molecule has 5 nitrogen and oxygen atoms in total. The van der Waals surface area contributed by atoms with Crippen molar-refractivity contribution in [1.29, 1.82) is 0 Å². The number of nitrogens with one attached hydrogen (secondary N) is 1. The summed E-state index contributed by atoms with van der Waals surface area (Å²) in [5.74, 6) is -0.197. The Hall–Kier alpha value is -2.66. The largest absolute Gasteiger partial charge is 0.347 e. The minimum Gasteiger partial charge on any atom is -0.347 e. The minimum atomic E-state index is -0.318. The van der Waals surface area contributed by atoms with Gasteiger partial charge in [-0.2, -0.15) is 5.10 Å². The zero-order valence-corrected chi connectivity index (χ0v) is 19.5. The van der Waals surface area contributed by atoms with Gasteiger partial charge in [0.05, 0.1) is 5.70 Å². The lowest BCUT2D eigenvalue weighted by Crippen LogP contribution is -2.43. The van der Waals surface area contributed by atoms with Gasteiger partial charge in [0.15, 0.2) is 0 Å². The topological polar surface area (TPSA) is 57.1 Å². The minimum absolute atomic E-state index is 0.197. The molecule has 0 unspecified atom stereocenters. The molecule has 0 aliphatic carbocycles. The Bertz CT molecular complexity index is 853. The van der Waals surface area contributed by atoms with Gasteiger partial charge < -0.3 is 5.32 Å². The molecule has 1 amide bonds. The van der Waals surface area contributed by atoms with E-state index in [1.165, 1.54) is 6.08 Å². The molecule has 0 spiro atoms. The number of hydrogen-bond donors (Lipinski definition) is 1. The SMILES string of the molecule is C=C/C(=C\C(=C/Cc1ccc(C)c(Cl)c1)N(C=NCC)N=C)C(=O)NC(C)(C)CC. The number of hydrazone groups is 1. The smallest absolute Gasteiger partial charge is 0.251 e. The summed E-state index contributed by atoms with van der Waals surface area (Å²) >= 11 is 6.25. The first kappa shape index (κ1) is 25.4. The van der Waals surface area contributed by atoms with Crippen LogP contribution in [0.15, 0.2) is 64.4 Å². The van der Waals surface area contributed by atoms with Gasteiger partial charge in [-0.3, -0.25) is 9.79 Å². The van der Waals surface area contributed by atoms with Crippen LogP contribution >= 0.6 is 11.6 Å². The van der Waals surface area contributed by atoms with Gasteiger partial charge in [-0.25, -0.2) is 5.01 Å². The van der Waals surface area contributed by atoms with Crippen LogP contribution < -0.4 is 5.32 Å². The number of nitrogens with zero attached hydrogens (tertiary/aromatic N) is 3. The van der Waals surface area contributed by atoms with E-state index in [2.05, 4.69) is 28.7 Å². The number of amides is 1. The molecule has 6 heteroatoms. The van der Waals surface area contributed by atoms with Crippen LogP contribution in [0.1, 0.15) is 45.2 Å². The number of carbonyl (C=O) groups is 1. The van der Waals surface area contributed by atoms with Gasteiger partial charge in [-0.1, -0.05) is 49.4 Å². The highest BCUT2D eigenvalue weighted by Crippen LogP contribution is 2.19. The summed E-state index contributed by atoms with van der Waals surface area (Å²) < 4.78 is 0. The average Bonchev–Trinajstić information content (AvgIpc) is 2.71. The van der Waals surface area contributed by atoms with Crippen molar-refractivity contribution in [3.05, 3.63) is 70.4 Å². The Morgan fingerprint density at radius 1 is 1.33 bits per heavy atom. The van der Waals surface area contributed by atoms with E-state index in [1.54, 1.807) is 17.4 Å². The molecule has 0 aliphatic heterocycles. The van der Waals surface area contributed by atoms with Crippen LogP contribution in [-0.2, 0) is 11.2 Å². The lowest BCUT2D eigenvalue weighted by atomic mass is 10.0. The van der Waals surface area contributed by atoms with Gasteiger partial charge >= 0.3 is 0 Å². The molecule has 0 radical (unpaired) electrons. The van der Waals surface area contributed by atoms with Crippen LogP contribution in [-0.4, -0.2) is 36.1 Å². The third kappa shape index (κ3) is 7.99. The van der Waals surface area contributed by atoms with Crippen molar-refractivity contribution in [2.24, 2.45) is 10.1 Å². The maximum absolute atomic E-state index is 12.8. The average molecular weight is 429 g/mol. The second-order valence-corrected chi connectivity index (χ2v) is 7.92. The van der Waals surface area contributed by atoms with Gasteiger partial charge in [0, 0.05) is 29.4 Å². The van der Waals surface area contributed by atoms with Crippen LogP contribution in [0.2, 0.25) is 5.02 Å². The molecular weight excluding hydrogens is 396 g/mol. The van der Waals surface area contributed by atoms with Crippen molar-refractivity contribution in [3.63, 3.8) is 0 Å². The van der Waals surface area contributed by atoms with Crippen molar-refractivity contribution < 1.29 is 4.79 Å². The number of aryl methyl sites for hydroxylation is 1. The summed E-state index contributed by atoms with van der Waals surface area (Å²) in [6, 6.07) is 5.94. The Labute approximate surface area is 185 Å². The predicted octanol–water partition coefficient (Wildman–Crippen LogP) is 5.46. The zero-order valence-electron chi connectivity index (χ0n) is 18.7. The van der Waals surface area contributed by atoms with Gasteiger partial charge in [-0.05, 0) is 63.8 Å². The highest BCUT2D eigenvalue weighted by atomic mass is 35.5. The molecule has 1 aromatic rings. The van der Waals surface area contributed by atoms with Crippen LogP contribution in [0, 0.1) is 6.92 Å². The van der Waals surface area contributed by atoms with Crippen molar-refractivity contribution in [2.75, 3.05) is 6.54 Å². The molecule has 1 rings (SSSR count). The monoisotopic (exact) mass is 428 g/mol. The number of aliphatic imine (C=N–C) groups is 1. The summed E-state index contributed by atoms with van der Waals surface area (Å²) in [7, 11) is 0. The van der Waals surface area contributed by atoms with Gasteiger partial charge in [0.1, 0.15) is 6.34 Å². The third-order valence-electron chi connectivity index (χ3n) is 4.69. The van der Waals surface area contributed by atoms with E-state index in [1.807, 2.05) is 58.9 Å². The molecule has 30 heavy (non-hydrogen) atoms. The maximum atomic E-state index is 12.8. The normalized spacial score (nSPS) is 12.7. The highest BCUT2D eigenvalue weighted by Gasteiger charge is 2.19. The molecule has 0 saturated carbocycles. The molecular formula is C24H33ClN4O. The molecule has 0 aliphatic rings. The van der Waals surface area contributed by atoms with E-state index in [0.29, 0.717) is 24.2 Å². The summed E-state index contributed by atoms with van der Waals surface area (Å²) in [6.07, 6.45) is 8.23. The van der Waals surface area contributed by atoms with Crippen LogP contribution in [0.25, 0.3) is 0 Å². The van der Waals surface area contributed by atoms with Gasteiger partial charge in [0.2, 0.25) is 0 Å². The second kappa shape index (κ2) is 12.1. The number of allylic oxidation sites excluding steroid dienone is 2. The quantitative estimate of drug-likeness (QED) is 0.167. The van der Waals surface area contributed by atoms with Crippen LogP contribution in [0.3, 0.4) is 0 Å². The predicted molar refractivity (Wildman–Crippen MR) is 129 cm³/mol. The summed E-state index contributed by atoms with van der Waals surface area (Å²) in [4.78, 5) is 17.0. The standard InChI is InChI=1S/C24H33ClN4O/c1-8-20(23(30)28-24(5,6)9-2)16-21(29(26-7)17-27-10-3)14-13-19-12-11-18(4)22(25)15-19/h8,11-12,14-17H,1,7,9-10,13H2,2-6H3,(H,28,30)/b20-16+,21-14+,27-17?. The zero-order chi connectivity index (χ0) is 22.7. The highest BCUT2D eigenvalue weighted by molar-refractivity contribution is 6.31. The van der Waals surface area contributed by atoms with E-state index in [9.17, 15) is 4.79 Å². The first-order valence-electron chi connectivity index (χ1n) is 10.0. The molecule has 0 heterocycles. The fourth-order valence-electron chi connectivity index (χ4n) is 2.39. The number of rotatable bonds is 11. The van der Waals surface area contributed by atoms with E-state index in [4.69, 9.17) is 11.6 Å². The van der Waals surface area contributed by atoms with Crippen molar-refractivity contribution >= 4 is 30.6 Å². The Morgan fingerprint density at radius 2 is 2.03 bits per heavy atom. The third-order valence-corrected chi connectivity index (χ3v) is 5.10. The molecule has 0 saturated heterocycles. The first-order valence-corrected chi connectivity index (χ1v) is 10.4. The lowest BCUT2D eigenvalue weighted by Gasteiger charge is -2.25. The summed E-state index contributed by atoms with van der Waals surface area (Å²) in [5.41, 5.74) is 2.85. The fourth-order valence-corrected chi connectivity index (χ4v) is 2.60. The molecule has 0 atom stereocenters. The maximum Gasteiger partial charge on any atom is 0.251 e. The van der Waals surface area contributed by atoms with Crippen LogP contribution in [0.4, 0.5) is 0 Å². The summed E-state index contributed by atoms with van der Waals surface area (Å²) in [6.45, 7) is 17.9. The van der Waals surface area contributed by atoms with Crippen LogP contribution in [0.5, 0.6) is 0 Å². The van der Waals surface area contributed by atoms with E-state index in [0.717, 1.165) is 22.6 Å². The van der Waals surface area contributed by atoms with Crippen molar-refractivity contribution in [3.8, 4) is 0 Å². The van der Waals surface area contributed by atoms with E-state index in [-0.39, 0.29) is 11.4 Å². The molecule has 0 fully saturated rings. The van der Waals surface area contributed by atoms with Gasteiger partial charge in [0.25, 0.3) is 5.91 Å². The number of benzene rings is 1. The van der Waals surface area contributed by atoms with E-state index < -0.39 is 0 Å². The first-order chi connectivity index (χ1) is 14.2. The number of halogens is 1. The number of hydrogen-bond acceptors (Lipinski definition) is 3.